The van der Waals surface area contributed by atoms with Crippen molar-refractivity contribution in [2.45, 2.75) is 27.7 Å². The van der Waals surface area contributed by atoms with E-state index in [0.29, 0.717) is 6.61 Å². The molecule has 0 spiro atoms. The number of rotatable bonds is 3. The van der Waals surface area contributed by atoms with E-state index < -0.39 is 0 Å². The lowest BCUT2D eigenvalue weighted by Gasteiger charge is -2.16. The van der Waals surface area contributed by atoms with Crippen molar-refractivity contribution in [2.24, 2.45) is 0 Å². The topological polar surface area (TPSA) is 38.3 Å². The zero-order valence-corrected chi connectivity index (χ0v) is 11.6. The molecule has 1 amide bonds. The van der Waals surface area contributed by atoms with E-state index >= 15 is 0 Å². The Morgan fingerprint density at radius 2 is 2.12 bits per heavy atom. The molecule has 3 nitrogen and oxygen atoms in total. The average molecular weight is 286 g/mol. The second-order valence-corrected chi connectivity index (χ2v) is 4.47. The van der Waals surface area contributed by atoms with E-state index in [0.717, 1.165) is 27.0 Å². The molecular formula is C12H16BrNO2. The summed E-state index contributed by atoms with van der Waals surface area (Å²) in [7, 11) is 0. The maximum Gasteiger partial charge on any atom is 0.221 e. The van der Waals surface area contributed by atoms with Crippen molar-refractivity contribution in [2.75, 3.05) is 11.9 Å². The minimum Gasteiger partial charge on any atom is -0.492 e. The summed E-state index contributed by atoms with van der Waals surface area (Å²) in [5.74, 6) is 0.716. The second-order valence-electron chi connectivity index (χ2n) is 3.62. The van der Waals surface area contributed by atoms with Crippen LogP contribution in [0.4, 0.5) is 5.69 Å². The van der Waals surface area contributed by atoms with Crippen LogP contribution in [0.1, 0.15) is 25.0 Å². The average Bonchev–Trinajstić information content (AvgIpc) is 2.19. The van der Waals surface area contributed by atoms with Gasteiger partial charge in [-0.15, -0.1) is 0 Å². The van der Waals surface area contributed by atoms with Gasteiger partial charge in [0.1, 0.15) is 5.75 Å². The molecule has 0 atom stereocenters. The number of hydrogen-bond donors (Lipinski definition) is 1. The van der Waals surface area contributed by atoms with Crippen molar-refractivity contribution in [1.82, 2.24) is 0 Å². The van der Waals surface area contributed by atoms with Crippen molar-refractivity contribution >= 4 is 27.5 Å². The Balaban J connectivity index is 3.26. The number of carbonyl (C=O) groups is 1. The van der Waals surface area contributed by atoms with Crippen molar-refractivity contribution in [3.05, 3.63) is 21.7 Å². The molecule has 0 saturated heterocycles. The smallest absolute Gasteiger partial charge is 0.221 e. The third kappa shape index (κ3) is 2.76. The van der Waals surface area contributed by atoms with Gasteiger partial charge in [-0.3, -0.25) is 4.79 Å². The summed E-state index contributed by atoms with van der Waals surface area (Å²) in [4.78, 5) is 11.1. The number of ether oxygens (including phenoxy) is 1. The van der Waals surface area contributed by atoms with Gasteiger partial charge in [-0.1, -0.05) is 0 Å². The third-order valence-electron chi connectivity index (χ3n) is 2.26. The molecule has 0 bridgehead atoms. The quantitative estimate of drug-likeness (QED) is 0.924. The van der Waals surface area contributed by atoms with Gasteiger partial charge in [-0.25, -0.2) is 0 Å². The zero-order valence-electron chi connectivity index (χ0n) is 9.98. The first kappa shape index (κ1) is 13.0. The Hall–Kier alpha value is -1.03. The van der Waals surface area contributed by atoms with E-state index in [-0.39, 0.29) is 5.91 Å². The van der Waals surface area contributed by atoms with Crippen LogP contribution in [0.25, 0.3) is 0 Å². The van der Waals surface area contributed by atoms with Crippen LogP contribution in [0.5, 0.6) is 5.75 Å². The van der Waals surface area contributed by atoms with E-state index in [1.165, 1.54) is 6.92 Å². The first-order chi connectivity index (χ1) is 7.47. The number of benzene rings is 1. The Morgan fingerprint density at radius 3 is 2.62 bits per heavy atom. The zero-order chi connectivity index (χ0) is 12.3. The lowest BCUT2D eigenvalue weighted by molar-refractivity contribution is -0.114. The van der Waals surface area contributed by atoms with Crippen LogP contribution in [0, 0.1) is 13.8 Å². The Kier molecular flexibility index (Phi) is 4.35. The fourth-order valence-electron chi connectivity index (χ4n) is 1.61. The van der Waals surface area contributed by atoms with Gasteiger partial charge in [0.25, 0.3) is 0 Å². The molecule has 0 fully saturated rings. The first-order valence-electron chi connectivity index (χ1n) is 5.17. The van der Waals surface area contributed by atoms with E-state index in [9.17, 15) is 4.79 Å². The van der Waals surface area contributed by atoms with Gasteiger partial charge < -0.3 is 10.1 Å². The summed E-state index contributed by atoms with van der Waals surface area (Å²) in [6, 6.07) is 1.95. The number of hydrogen-bond acceptors (Lipinski definition) is 2. The van der Waals surface area contributed by atoms with Crippen molar-refractivity contribution in [3.63, 3.8) is 0 Å². The van der Waals surface area contributed by atoms with Crippen LogP contribution < -0.4 is 10.1 Å². The van der Waals surface area contributed by atoms with E-state index in [1.54, 1.807) is 0 Å². The molecule has 0 aliphatic rings. The van der Waals surface area contributed by atoms with Gasteiger partial charge in [0.15, 0.2) is 0 Å². The molecule has 1 aromatic carbocycles. The van der Waals surface area contributed by atoms with Gasteiger partial charge >= 0.3 is 0 Å². The normalized spacial score (nSPS) is 10.1. The molecule has 0 aromatic heterocycles. The predicted molar refractivity (Wildman–Crippen MR) is 69.1 cm³/mol. The largest absolute Gasteiger partial charge is 0.492 e. The maximum atomic E-state index is 11.1. The SMILES string of the molecule is CCOc1c(Br)cc(C)c(NC(C)=O)c1C. The standard InChI is InChI=1S/C12H16BrNO2/c1-5-16-12-8(3)11(14-9(4)15)7(2)6-10(12)13/h6H,5H2,1-4H3,(H,14,15). The van der Waals surface area contributed by atoms with E-state index in [1.807, 2.05) is 26.8 Å². The molecular weight excluding hydrogens is 270 g/mol. The number of carbonyl (C=O) groups excluding carboxylic acids is 1. The molecule has 88 valence electrons. The molecule has 0 aliphatic carbocycles. The van der Waals surface area contributed by atoms with Crippen LogP contribution in [-0.4, -0.2) is 12.5 Å². The van der Waals surface area contributed by atoms with Gasteiger partial charge in [-0.2, -0.15) is 0 Å². The van der Waals surface area contributed by atoms with Crippen LogP contribution in [0.2, 0.25) is 0 Å². The predicted octanol–water partition coefficient (Wildman–Crippen LogP) is 3.42. The number of nitrogens with one attached hydrogen (secondary N) is 1. The van der Waals surface area contributed by atoms with Crippen LogP contribution in [0.3, 0.4) is 0 Å². The highest BCUT2D eigenvalue weighted by atomic mass is 79.9. The van der Waals surface area contributed by atoms with Crippen molar-refractivity contribution in [1.29, 1.82) is 0 Å². The molecule has 16 heavy (non-hydrogen) atoms. The highest BCUT2D eigenvalue weighted by Gasteiger charge is 2.13. The van der Waals surface area contributed by atoms with Crippen molar-refractivity contribution < 1.29 is 9.53 Å². The van der Waals surface area contributed by atoms with E-state index in [4.69, 9.17) is 4.74 Å². The van der Waals surface area contributed by atoms with E-state index in [2.05, 4.69) is 21.2 Å². The first-order valence-corrected chi connectivity index (χ1v) is 5.96. The fourth-order valence-corrected chi connectivity index (χ4v) is 2.36. The minimum absolute atomic E-state index is 0.0732. The fraction of sp³-hybridized carbons (Fsp3) is 0.417. The third-order valence-corrected chi connectivity index (χ3v) is 2.85. The highest BCUT2D eigenvalue weighted by Crippen LogP contribution is 2.36. The Labute approximate surface area is 104 Å². The van der Waals surface area contributed by atoms with Crippen LogP contribution >= 0.6 is 15.9 Å². The number of aryl methyl sites for hydroxylation is 1. The monoisotopic (exact) mass is 285 g/mol. The summed E-state index contributed by atoms with van der Waals surface area (Å²) in [5, 5.41) is 2.83. The minimum atomic E-state index is -0.0732. The van der Waals surface area contributed by atoms with Gasteiger partial charge in [-0.05, 0) is 48.3 Å². The molecule has 0 saturated carbocycles. The Bertz CT molecular complexity index is 416. The summed E-state index contributed by atoms with van der Waals surface area (Å²) in [6.45, 7) is 7.93. The number of anilines is 1. The number of amides is 1. The van der Waals surface area contributed by atoms with Gasteiger partial charge in [0.05, 0.1) is 16.8 Å². The summed E-state index contributed by atoms with van der Waals surface area (Å²) < 4.78 is 6.46. The molecule has 0 unspecified atom stereocenters. The highest BCUT2D eigenvalue weighted by molar-refractivity contribution is 9.10. The summed E-state index contributed by atoms with van der Waals surface area (Å²) in [6.07, 6.45) is 0. The summed E-state index contributed by atoms with van der Waals surface area (Å²) in [5.41, 5.74) is 2.80. The molecule has 4 heteroatoms. The van der Waals surface area contributed by atoms with Gasteiger partial charge in [0, 0.05) is 12.5 Å². The lowest BCUT2D eigenvalue weighted by atomic mass is 10.1. The molecule has 0 aliphatic heterocycles. The molecule has 1 aromatic rings. The molecule has 1 N–H and O–H groups in total. The van der Waals surface area contributed by atoms with Crippen LogP contribution in [0.15, 0.2) is 10.5 Å². The Morgan fingerprint density at radius 1 is 1.50 bits per heavy atom. The van der Waals surface area contributed by atoms with Crippen LogP contribution in [-0.2, 0) is 4.79 Å². The van der Waals surface area contributed by atoms with Gasteiger partial charge in [0.2, 0.25) is 5.91 Å². The molecule has 0 heterocycles. The molecule has 0 radical (unpaired) electrons. The maximum absolute atomic E-state index is 11.1. The van der Waals surface area contributed by atoms with Crippen molar-refractivity contribution in [3.8, 4) is 5.75 Å². The summed E-state index contributed by atoms with van der Waals surface area (Å²) >= 11 is 3.46. The number of halogens is 1. The molecule has 1 rings (SSSR count). The lowest BCUT2D eigenvalue weighted by Crippen LogP contribution is -2.10. The second kappa shape index (κ2) is 5.34.